The summed E-state index contributed by atoms with van der Waals surface area (Å²) < 4.78 is 0. The van der Waals surface area contributed by atoms with Crippen LogP contribution in [0.4, 0.5) is 0 Å². The van der Waals surface area contributed by atoms with Crippen LogP contribution in [0.5, 0.6) is 0 Å². The van der Waals surface area contributed by atoms with Gasteiger partial charge in [0.05, 0.1) is 6.04 Å². The van der Waals surface area contributed by atoms with Crippen molar-refractivity contribution in [1.29, 1.82) is 0 Å². The molecule has 0 aromatic rings. The summed E-state index contributed by atoms with van der Waals surface area (Å²) >= 11 is 0. The van der Waals surface area contributed by atoms with Gasteiger partial charge in [0, 0.05) is 6.21 Å². The maximum absolute atomic E-state index is 4.59. The van der Waals surface area contributed by atoms with Crippen LogP contribution in [0.3, 0.4) is 0 Å². The molecule has 1 aliphatic carbocycles. The molecule has 2 aliphatic heterocycles. The minimum atomic E-state index is 0.593. The van der Waals surface area contributed by atoms with Crippen molar-refractivity contribution in [3.05, 3.63) is 12.2 Å². The van der Waals surface area contributed by atoms with Crippen molar-refractivity contribution in [3.8, 4) is 0 Å². The fourth-order valence-electron chi connectivity index (χ4n) is 3.24. The SMILES string of the molecule is CC1C/C=C/C=NC2C(C)C1C2C. The van der Waals surface area contributed by atoms with Crippen molar-refractivity contribution >= 4 is 6.21 Å². The van der Waals surface area contributed by atoms with E-state index in [1.54, 1.807) is 0 Å². The molecule has 1 fully saturated rings. The molecule has 2 bridgehead atoms. The lowest BCUT2D eigenvalue weighted by molar-refractivity contribution is 0.0223. The van der Waals surface area contributed by atoms with E-state index in [2.05, 4.69) is 37.9 Å². The number of aliphatic imine (C=N–C) groups is 1. The first-order chi connectivity index (χ1) is 6.22. The molecule has 3 aliphatic rings. The van der Waals surface area contributed by atoms with Crippen LogP contribution in [0.25, 0.3) is 0 Å². The van der Waals surface area contributed by atoms with E-state index >= 15 is 0 Å². The van der Waals surface area contributed by atoms with Gasteiger partial charge in [0.15, 0.2) is 0 Å². The second-order valence-corrected chi connectivity index (χ2v) is 4.73. The van der Waals surface area contributed by atoms with Gasteiger partial charge in [0.25, 0.3) is 0 Å². The largest absolute Gasteiger partial charge is 0.289 e. The lowest BCUT2D eigenvalue weighted by Crippen LogP contribution is -2.49. The fourth-order valence-corrected chi connectivity index (χ4v) is 3.24. The molecule has 1 saturated carbocycles. The molecule has 2 heterocycles. The van der Waals surface area contributed by atoms with E-state index in [9.17, 15) is 0 Å². The monoisotopic (exact) mass is 177 g/mol. The highest BCUT2D eigenvalue weighted by atomic mass is 14.8. The number of fused-ring (bicyclic) bond motifs is 3. The zero-order valence-electron chi connectivity index (χ0n) is 8.77. The van der Waals surface area contributed by atoms with Crippen molar-refractivity contribution in [1.82, 2.24) is 0 Å². The number of rotatable bonds is 0. The van der Waals surface area contributed by atoms with Gasteiger partial charge in [0.1, 0.15) is 0 Å². The summed E-state index contributed by atoms with van der Waals surface area (Å²) in [5.74, 6) is 3.31. The van der Waals surface area contributed by atoms with Gasteiger partial charge in [-0.25, -0.2) is 0 Å². The van der Waals surface area contributed by atoms with Gasteiger partial charge >= 0.3 is 0 Å². The van der Waals surface area contributed by atoms with Gasteiger partial charge in [-0.05, 0) is 36.2 Å². The molecular weight excluding hydrogens is 158 g/mol. The maximum atomic E-state index is 4.59. The zero-order chi connectivity index (χ0) is 9.42. The average molecular weight is 177 g/mol. The molecule has 1 nitrogen and oxygen atoms in total. The van der Waals surface area contributed by atoms with Crippen LogP contribution in [-0.4, -0.2) is 12.3 Å². The minimum absolute atomic E-state index is 0.593. The first-order valence-corrected chi connectivity index (χ1v) is 5.40. The molecule has 3 rings (SSSR count). The van der Waals surface area contributed by atoms with Crippen LogP contribution in [0, 0.1) is 23.7 Å². The smallest absolute Gasteiger partial charge is 0.0556 e. The van der Waals surface area contributed by atoms with E-state index in [0.717, 1.165) is 23.7 Å². The fraction of sp³-hybridized carbons (Fsp3) is 0.750. The topological polar surface area (TPSA) is 12.4 Å². The molecule has 0 spiro atoms. The predicted octanol–water partition coefficient (Wildman–Crippen LogP) is 2.92. The van der Waals surface area contributed by atoms with Gasteiger partial charge in [-0.1, -0.05) is 26.8 Å². The third kappa shape index (κ3) is 1.34. The number of hydrogen-bond donors (Lipinski definition) is 0. The van der Waals surface area contributed by atoms with E-state index in [1.807, 2.05) is 6.21 Å². The number of nitrogens with zero attached hydrogens (tertiary/aromatic N) is 1. The minimum Gasteiger partial charge on any atom is -0.289 e. The van der Waals surface area contributed by atoms with E-state index in [0.29, 0.717) is 6.04 Å². The maximum Gasteiger partial charge on any atom is 0.0556 e. The molecular formula is C12H19N. The molecule has 72 valence electrons. The van der Waals surface area contributed by atoms with Crippen molar-refractivity contribution in [3.63, 3.8) is 0 Å². The molecule has 3 unspecified atom stereocenters. The van der Waals surface area contributed by atoms with Gasteiger partial charge in [0.2, 0.25) is 0 Å². The highest BCUT2D eigenvalue weighted by Crippen LogP contribution is 2.47. The normalized spacial score (nSPS) is 51.5. The Balaban J connectivity index is 2.19. The van der Waals surface area contributed by atoms with Crippen LogP contribution in [-0.2, 0) is 0 Å². The Morgan fingerprint density at radius 3 is 2.54 bits per heavy atom. The Kier molecular flexibility index (Phi) is 2.27. The van der Waals surface area contributed by atoms with Crippen molar-refractivity contribution in [2.24, 2.45) is 28.7 Å². The highest BCUT2D eigenvalue weighted by molar-refractivity contribution is 5.71. The zero-order valence-corrected chi connectivity index (χ0v) is 8.77. The summed E-state index contributed by atoms with van der Waals surface area (Å²) in [6.07, 6.45) is 7.58. The Labute approximate surface area is 80.9 Å². The second kappa shape index (κ2) is 3.28. The molecule has 0 saturated heterocycles. The molecule has 1 heteroatoms. The van der Waals surface area contributed by atoms with E-state index in [4.69, 9.17) is 0 Å². The second-order valence-electron chi connectivity index (χ2n) is 4.73. The summed E-state index contributed by atoms with van der Waals surface area (Å²) in [5.41, 5.74) is 0. The number of hydrogen-bond acceptors (Lipinski definition) is 1. The average Bonchev–Trinajstić information content (AvgIpc) is 2.20. The van der Waals surface area contributed by atoms with Crippen LogP contribution >= 0.6 is 0 Å². The van der Waals surface area contributed by atoms with E-state index in [1.165, 1.54) is 6.42 Å². The van der Waals surface area contributed by atoms with Crippen LogP contribution < -0.4 is 0 Å². The first-order valence-electron chi connectivity index (χ1n) is 5.40. The van der Waals surface area contributed by atoms with Crippen LogP contribution in [0.15, 0.2) is 17.1 Å². The molecule has 3 atom stereocenters. The Bertz CT molecular complexity index is 226. The van der Waals surface area contributed by atoms with Crippen molar-refractivity contribution in [2.75, 3.05) is 0 Å². The van der Waals surface area contributed by atoms with E-state index in [-0.39, 0.29) is 0 Å². The summed E-state index contributed by atoms with van der Waals surface area (Å²) in [7, 11) is 0. The molecule has 0 N–H and O–H groups in total. The molecule has 13 heavy (non-hydrogen) atoms. The summed E-state index contributed by atoms with van der Waals surface area (Å²) in [6.45, 7) is 7.09. The first kappa shape index (κ1) is 8.98. The third-order valence-electron chi connectivity index (χ3n) is 3.94. The number of allylic oxidation sites excluding steroid dienone is 2. The summed E-state index contributed by atoms with van der Waals surface area (Å²) in [4.78, 5) is 4.59. The highest BCUT2D eigenvalue weighted by Gasteiger charge is 2.46. The quantitative estimate of drug-likeness (QED) is 0.539. The summed E-state index contributed by atoms with van der Waals surface area (Å²) in [5, 5.41) is 0. The van der Waals surface area contributed by atoms with Gasteiger partial charge < -0.3 is 0 Å². The lowest BCUT2D eigenvalue weighted by Gasteiger charge is -2.50. The standard InChI is InChI=1S/C12H19N/c1-8-6-4-5-7-13-12-9(2)11(8)10(12)3/h4-5,7-12H,6H2,1-3H3/b5-4+,13-7?. The van der Waals surface area contributed by atoms with Gasteiger partial charge in [-0.2, -0.15) is 0 Å². The van der Waals surface area contributed by atoms with Gasteiger partial charge in [-0.3, -0.25) is 4.99 Å². The Morgan fingerprint density at radius 2 is 1.85 bits per heavy atom. The van der Waals surface area contributed by atoms with Crippen molar-refractivity contribution in [2.45, 2.75) is 33.2 Å². The Hall–Kier alpha value is -0.590. The molecule has 0 radical (unpaired) electrons. The van der Waals surface area contributed by atoms with Crippen LogP contribution in [0.2, 0.25) is 0 Å². The molecule has 0 amide bonds. The molecule has 0 aromatic heterocycles. The summed E-state index contributed by atoms with van der Waals surface area (Å²) in [6, 6.07) is 0.593. The van der Waals surface area contributed by atoms with Crippen molar-refractivity contribution < 1.29 is 0 Å². The molecule has 0 aromatic carbocycles. The lowest BCUT2D eigenvalue weighted by atomic mass is 9.57. The van der Waals surface area contributed by atoms with Gasteiger partial charge in [-0.15, -0.1) is 0 Å². The predicted molar refractivity (Wildman–Crippen MR) is 57.0 cm³/mol. The Morgan fingerprint density at radius 1 is 1.15 bits per heavy atom. The van der Waals surface area contributed by atoms with E-state index < -0.39 is 0 Å². The third-order valence-corrected chi connectivity index (χ3v) is 3.94. The van der Waals surface area contributed by atoms with Crippen LogP contribution in [0.1, 0.15) is 27.2 Å².